The summed E-state index contributed by atoms with van der Waals surface area (Å²) in [6.45, 7) is 0. The molecule has 3 aromatic rings. The van der Waals surface area contributed by atoms with Gasteiger partial charge in [0, 0.05) is 21.0 Å². The zero-order valence-electron chi connectivity index (χ0n) is 9.88. The number of carbonyl (C=O) groups is 1. The van der Waals surface area contributed by atoms with Crippen molar-refractivity contribution in [3.63, 3.8) is 0 Å². The minimum atomic E-state index is 0.638. The summed E-state index contributed by atoms with van der Waals surface area (Å²) in [7, 11) is 0. The summed E-state index contributed by atoms with van der Waals surface area (Å²) in [6.07, 6.45) is 2.38. The highest BCUT2D eigenvalue weighted by Crippen LogP contribution is 2.27. The molecule has 0 fully saturated rings. The number of halogens is 1. The molecule has 0 unspecified atom stereocenters. The lowest BCUT2D eigenvalue weighted by atomic mass is 10.0. The van der Waals surface area contributed by atoms with Crippen molar-refractivity contribution in [1.29, 1.82) is 0 Å². The summed E-state index contributed by atoms with van der Waals surface area (Å²) in [5, 5.41) is 0.958. The number of nitrogens with zero attached hydrogens (tertiary/aromatic N) is 2. The Bertz CT molecular complexity index is 771. The van der Waals surface area contributed by atoms with Crippen LogP contribution in [0, 0.1) is 0 Å². The van der Waals surface area contributed by atoms with E-state index in [2.05, 4.69) is 25.9 Å². The first-order valence-corrected chi connectivity index (χ1v) is 6.53. The van der Waals surface area contributed by atoms with Crippen LogP contribution in [0.15, 0.2) is 53.3 Å². The van der Waals surface area contributed by atoms with Crippen LogP contribution in [-0.4, -0.2) is 16.3 Å². The third-order valence-corrected chi connectivity index (χ3v) is 3.39. The Kier molecular flexibility index (Phi) is 3.09. The van der Waals surface area contributed by atoms with Gasteiger partial charge in [0.05, 0.1) is 11.2 Å². The van der Waals surface area contributed by atoms with Crippen LogP contribution in [0.4, 0.5) is 0 Å². The first-order valence-electron chi connectivity index (χ1n) is 5.74. The second kappa shape index (κ2) is 4.90. The van der Waals surface area contributed by atoms with E-state index >= 15 is 0 Å². The van der Waals surface area contributed by atoms with E-state index < -0.39 is 0 Å². The molecule has 0 amide bonds. The van der Waals surface area contributed by atoms with Crippen LogP contribution in [0.2, 0.25) is 0 Å². The summed E-state index contributed by atoms with van der Waals surface area (Å²) in [6, 6.07) is 13.3. The molecule has 0 saturated carbocycles. The van der Waals surface area contributed by atoms with E-state index in [1.165, 1.54) is 0 Å². The smallest absolute Gasteiger partial charge is 0.150 e. The highest BCUT2D eigenvalue weighted by molar-refractivity contribution is 9.10. The van der Waals surface area contributed by atoms with Gasteiger partial charge in [-0.3, -0.25) is 4.79 Å². The fraction of sp³-hybridized carbons (Fsp3) is 0. The monoisotopic (exact) mass is 312 g/mol. The van der Waals surface area contributed by atoms with Gasteiger partial charge < -0.3 is 0 Å². The molecule has 4 heteroatoms. The van der Waals surface area contributed by atoms with Crippen molar-refractivity contribution in [3.05, 3.63) is 58.8 Å². The van der Waals surface area contributed by atoms with Crippen molar-refractivity contribution in [2.24, 2.45) is 0 Å². The molecule has 0 aliphatic heterocycles. The number of fused-ring (bicyclic) bond motifs is 1. The molecular weight excluding hydrogens is 304 g/mol. The fourth-order valence-electron chi connectivity index (χ4n) is 2.02. The Morgan fingerprint density at radius 3 is 2.79 bits per heavy atom. The number of hydrogen-bond donors (Lipinski definition) is 0. The zero-order valence-corrected chi connectivity index (χ0v) is 11.5. The van der Waals surface area contributed by atoms with Gasteiger partial charge in [-0.05, 0) is 24.3 Å². The highest BCUT2D eigenvalue weighted by atomic mass is 79.9. The number of aromatic nitrogens is 2. The topological polar surface area (TPSA) is 42.9 Å². The molecule has 1 heterocycles. The van der Waals surface area contributed by atoms with E-state index in [0.717, 1.165) is 32.9 Å². The van der Waals surface area contributed by atoms with Crippen molar-refractivity contribution in [2.75, 3.05) is 0 Å². The zero-order chi connectivity index (χ0) is 13.2. The average Bonchev–Trinajstić information content (AvgIpc) is 2.46. The number of hydrogen-bond acceptors (Lipinski definition) is 3. The molecule has 19 heavy (non-hydrogen) atoms. The van der Waals surface area contributed by atoms with E-state index in [0.29, 0.717) is 5.56 Å². The molecule has 0 aliphatic carbocycles. The van der Waals surface area contributed by atoms with Gasteiger partial charge in [0.25, 0.3) is 0 Å². The molecule has 2 aromatic carbocycles. The Morgan fingerprint density at radius 2 is 1.95 bits per heavy atom. The molecule has 0 aliphatic rings. The minimum absolute atomic E-state index is 0.638. The number of aldehydes is 1. The maximum absolute atomic E-state index is 10.9. The van der Waals surface area contributed by atoms with Crippen molar-refractivity contribution < 1.29 is 4.79 Å². The van der Waals surface area contributed by atoms with Crippen LogP contribution < -0.4 is 0 Å². The maximum Gasteiger partial charge on any atom is 0.150 e. The van der Waals surface area contributed by atoms with Gasteiger partial charge in [-0.2, -0.15) is 0 Å². The lowest BCUT2D eigenvalue weighted by molar-refractivity contribution is 0.112. The van der Waals surface area contributed by atoms with Crippen LogP contribution in [-0.2, 0) is 0 Å². The van der Waals surface area contributed by atoms with Crippen molar-refractivity contribution >= 4 is 33.1 Å². The predicted molar refractivity (Wildman–Crippen MR) is 78.1 cm³/mol. The largest absolute Gasteiger partial charge is 0.298 e. The van der Waals surface area contributed by atoms with Gasteiger partial charge >= 0.3 is 0 Å². The Hall–Kier alpha value is -2.07. The molecule has 0 radical (unpaired) electrons. The quantitative estimate of drug-likeness (QED) is 0.675. The molecule has 0 bridgehead atoms. The molecular formula is C15H9BrN2O. The lowest BCUT2D eigenvalue weighted by Gasteiger charge is -2.06. The standard InChI is InChI=1S/C15H9BrN2O/c16-12-4-5-14-13(7-12)15(18-9-17-14)11-3-1-2-10(6-11)8-19/h1-9H. The first-order chi connectivity index (χ1) is 9.28. The normalized spacial score (nSPS) is 10.6. The molecule has 92 valence electrons. The molecule has 0 spiro atoms. The SMILES string of the molecule is O=Cc1cccc(-c2ncnc3ccc(Br)cc23)c1. The van der Waals surface area contributed by atoms with Crippen LogP contribution in [0.5, 0.6) is 0 Å². The molecule has 0 atom stereocenters. The summed E-state index contributed by atoms with van der Waals surface area (Å²) < 4.78 is 0.975. The summed E-state index contributed by atoms with van der Waals surface area (Å²) >= 11 is 3.46. The molecule has 1 aromatic heterocycles. The average molecular weight is 313 g/mol. The number of carbonyl (C=O) groups excluding carboxylic acids is 1. The van der Waals surface area contributed by atoms with Crippen LogP contribution >= 0.6 is 15.9 Å². The lowest BCUT2D eigenvalue weighted by Crippen LogP contribution is -1.90. The van der Waals surface area contributed by atoms with Gasteiger partial charge in [-0.15, -0.1) is 0 Å². The molecule has 3 nitrogen and oxygen atoms in total. The van der Waals surface area contributed by atoms with Gasteiger partial charge in [0.1, 0.15) is 12.6 Å². The molecule has 3 rings (SSSR count). The van der Waals surface area contributed by atoms with E-state index in [9.17, 15) is 4.79 Å². The molecule has 0 saturated heterocycles. The highest BCUT2D eigenvalue weighted by Gasteiger charge is 2.07. The minimum Gasteiger partial charge on any atom is -0.298 e. The maximum atomic E-state index is 10.9. The second-order valence-corrected chi connectivity index (χ2v) is 5.04. The van der Waals surface area contributed by atoms with E-state index in [-0.39, 0.29) is 0 Å². The molecule has 0 N–H and O–H groups in total. The third kappa shape index (κ3) is 2.27. The predicted octanol–water partition coefficient (Wildman–Crippen LogP) is 3.87. The van der Waals surface area contributed by atoms with Crippen molar-refractivity contribution in [1.82, 2.24) is 9.97 Å². The van der Waals surface area contributed by atoms with Crippen molar-refractivity contribution in [3.8, 4) is 11.3 Å². The first kappa shape index (κ1) is 12.0. The van der Waals surface area contributed by atoms with Crippen LogP contribution in [0.25, 0.3) is 22.2 Å². The summed E-state index contributed by atoms with van der Waals surface area (Å²) in [5.41, 5.74) is 3.26. The number of benzene rings is 2. The summed E-state index contributed by atoms with van der Waals surface area (Å²) in [4.78, 5) is 19.5. The Labute approximate surface area is 118 Å². The van der Waals surface area contributed by atoms with E-state index in [1.807, 2.05) is 36.4 Å². The van der Waals surface area contributed by atoms with Gasteiger partial charge in [0.15, 0.2) is 0 Å². The Morgan fingerprint density at radius 1 is 1.05 bits per heavy atom. The fourth-order valence-corrected chi connectivity index (χ4v) is 2.38. The van der Waals surface area contributed by atoms with E-state index in [4.69, 9.17) is 0 Å². The van der Waals surface area contributed by atoms with Gasteiger partial charge in [0.2, 0.25) is 0 Å². The van der Waals surface area contributed by atoms with Gasteiger partial charge in [-0.25, -0.2) is 9.97 Å². The van der Waals surface area contributed by atoms with E-state index in [1.54, 1.807) is 12.4 Å². The third-order valence-electron chi connectivity index (χ3n) is 2.89. The van der Waals surface area contributed by atoms with Crippen LogP contribution in [0.1, 0.15) is 10.4 Å². The Balaban J connectivity index is 2.29. The number of rotatable bonds is 2. The van der Waals surface area contributed by atoms with Crippen LogP contribution in [0.3, 0.4) is 0 Å². The van der Waals surface area contributed by atoms with Gasteiger partial charge in [-0.1, -0.05) is 34.1 Å². The summed E-state index contributed by atoms with van der Waals surface area (Å²) in [5.74, 6) is 0. The van der Waals surface area contributed by atoms with Crippen molar-refractivity contribution in [2.45, 2.75) is 0 Å². The second-order valence-electron chi connectivity index (χ2n) is 4.13.